The molecule has 0 saturated carbocycles. The number of carbonyl (C=O) groups excluding carboxylic acids is 1. The Morgan fingerprint density at radius 3 is 2.81 bits per heavy atom. The van der Waals surface area contributed by atoms with Gasteiger partial charge in [-0.05, 0) is 11.6 Å². The number of phenolic OH excluding ortho intramolecular Hbond substituents is 1. The number of amides is 1. The first kappa shape index (κ1) is 14.8. The molecule has 0 bridgehead atoms. The SMILES string of the molecule is COc1cc([C@H]2NC(=O)OCC2(F)F)cc([N+](=O)[O-])c1O. The molecule has 0 spiro atoms. The third-order valence-electron chi connectivity index (χ3n) is 2.91. The molecule has 1 aromatic rings. The van der Waals surface area contributed by atoms with E-state index in [0.29, 0.717) is 0 Å². The van der Waals surface area contributed by atoms with Crippen LogP contribution in [0, 0.1) is 10.1 Å². The maximum absolute atomic E-state index is 13.8. The second kappa shape index (κ2) is 5.04. The van der Waals surface area contributed by atoms with Crippen molar-refractivity contribution >= 4 is 11.8 Å². The van der Waals surface area contributed by atoms with Gasteiger partial charge in [-0.3, -0.25) is 10.1 Å². The summed E-state index contributed by atoms with van der Waals surface area (Å²) in [6, 6.07) is -0.0823. The number of nitrogens with one attached hydrogen (secondary N) is 1. The number of rotatable bonds is 3. The van der Waals surface area contributed by atoms with E-state index in [9.17, 15) is 28.8 Å². The zero-order valence-electron chi connectivity index (χ0n) is 10.6. The van der Waals surface area contributed by atoms with Gasteiger partial charge < -0.3 is 19.9 Å². The van der Waals surface area contributed by atoms with E-state index < -0.39 is 41.0 Å². The lowest BCUT2D eigenvalue weighted by Crippen LogP contribution is -2.49. The molecule has 0 aliphatic carbocycles. The number of carbonyl (C=O) groups is 1. The molecule has 1 aromatic carbocycles. The number of methoxy groups -OCH3 is 1. The summed E-state index contributed by atoms with van der Waals surface area (Å²) < 4.78 is 36.5. The van der Waals surface area contributed by atoms with E-state index in [2.05, 4.69) is 4.74 Å². The quantitative estimate of drug-likeness (QED) is 0.649. The van der Waals surface area contributed by atoms with Gasteiger partial charge in [-0.2, -0.15) is 0 Å². The van der Waals surface area contributed by atoms with Crippen molar-refractivity contribution in [3.63, 3.8) is 0 Å². The largest absolute Gasteiger partial charge is 0.500 e. The molecule has 2 rings (SSSR count). The minimum Gasteiger partial charge on any atom is -0.500 e. The maximum Gasteiger partial charge on any atom is 0.408 e. The summed E-state index contributed by atoms with van der Waals surface area (Å²) in [7, 11) is 1.11. The third-order valence-corrected chi connectivity index (χ3v) is 2.91. The number of halogens is 2. The number of alkyl halides is 2. The number of nitro groups is 1. The van der Waals surface area contributed by atoms with E-state index in [1.54, 1.807) is 0 Å². The van der Waals surface area contributed by atoms with Gasteiger partial charge in [0, 0.05) is 6.07 Å². The van der Waals surface area contributed by atoms with Crippen molar-refractivity contribution in [3.8, 4) is 11.5 Å². The molecule has 1 atom stereocenters. The highest BCUT2D eigenvalue weighted by molar-refractivity contribution is 5.70. The summed E-state index contributed by atoms with van der Waals surface area (Å²) in [4.78, 5) is 21.0. The maximum atomic E-state index is 13.8. The molecule has 0 radical (unpaired) electrons. The van der Waals surface area contributed by atoms with Crippen LogP contribution in [0.25, 0.3) is 0 Å². The Morgan fingerprint density at radius 2 is 2.24 bits per heavy atom. The molecule has 0 aromatic heterocycles. The first-order valence-corrected chi connectivity index (χ1v) is 5.62. The normalized spacial score (nSPS) is 20.3. The average Bonchev–Trinajstić information content (AvgIpc) is 2.41. The number of phenols is 1. The van der Waals surface area contributed by atoms with Gasteiger partial charge in [0.2, 0.25) is 5.75 Å². The van der Waals surface area contributed by atoms with Crippen LogP contribution in [-0.4, -0.2) is 35.8 Å². The number of nitrogens with zero attached hydrogens (tertiary/aromatic N) is 1. The molecule has 2 N–H and O–H groups in total. The summed E-state index contributed by atoms with van der Waals surface area (Å²) in [5, 5.41) is 22.3. The lowest BCUT2D eigenvalue weighted by atomic mass is 9.99. The van der Waals surface area contributed by atoms with Crippen LogP contribution in [0.4, 0.5) is 19.3 Å². The molecule has 0 unspecified atom stereocenters. The van der Waals surface area contributed by atoms with Crippen molar-refractivity contribution in [1.82, 2.24) is 5.32 Å². The van der Waals surface area contributed by atoms with E-state index in [4.69, 9.17) is 4.74 Å². The molecular weight excluding hydrogens is 294 g/mol. The summed E-state index contributed by atoms with van der Waals surface area (Å²) in [5.74, 6) is -4.60. The molecule has 1 heterocycles. The Balaban J connectivity index is 2.54. The highest BCUT2D eigenvalue weighted by Gasteiger charge is 2.47. The summed E-state index contributed by atoms with van der Waals surface area (Å²) in [6.45, 7) is -1.15. The van der Waals surface area contributed by atoms with Crippen molar-refractivity contribution in [3.05, 3.63) is 27.8 Å². The number of nitro benzene ring substituents is 1. The number of hydrogen-bond donors (Lipinski definition) is 2. The first-order chi connectivity index (χ1) is 9.76. The van der Waals surface area contributed by atoms with Gasteiger partial charge in [-0.1, -0.05) is 0 Å². The second-order valence-corrected chi connectivity index (χ2v) is 4.26. The fraction of sp³-hybridized carbons (Fsp3) is 0.364. The van der Waals surface area contributed by atoms with Crippen LogP contribution in [-0.2, 0) is 4.74 Å². The molecule has 114 valence electrons. The predicted molar refractivity (Wildman–Crippen MR) is 63.5 cm³/mol. The first-order valence-electron chi connectivity index (χ1n) is 5.62. The molecule has 1 aliphatic heterocycles. The summed E-state index contributed by atoms with van der Waals surface area (Å²) in [5.41, 5.74) is -1.08. The van der Waals surface area contributed by atoms with Crippen molar-refractivity contribution in [2.24, 2.45) is 0 Å². The fourth-order valence-electron chi connectivity index (χ4n) is 1.91. The molecule has 8 nitrogen and oxygen atoms in total. The number of aromatic hydroxyl groups is 1. The Hall–Kier alpha value is -2.65. The number of alkyl carbamates (subject to hydrolysis) is 1. The number of cyclic esters (lactones) is 1. The van der Waals surface area contributed by atoms with Gasteiger partial charge in [0.1, 0.15) is 6.04 Å². The highest BCUT2D eigenvalue weighted by Crippen LogP contribution is 2.42. The lowest BCUT2D eigenvalue weighted by molar-refractivity contribution is -0.386. The minimum absolute atomic E-state index is 0.280. The van der Waals surface area contributed by atoms with Crippen LogP contribution in [0.5, 0.6) is 11.5 Å². The van der Waals surface area contributed by atoms with Crippen LogP contribution >= 0.6 is 0 Å². The van der Waals surface area contributed by atoms with Crippen LogP contribution in [0.3, 0.4) is 0 Å². The van der Waals surface area contributed by atoms with E-state index in [0.717, 1.165) is 19.2 Å². The van der Waals surface area contributed by atoms with E-state index in [1.807, 2.05) is 5.32 Å². The second-order valence-electron chi connectivity index (χ2n) is 4.26. The lowest BCUT2D eigenvalue weighted by Gasteiger charge is -2.31. The smallest absolute Gasteiger partial charge is 0.408 e. The Morgan fingerprint density at radius 1 is 1.57 bits per heavy atom. The monoisotopic (exact) mass is 304 g/mol. The van der Waals surface area contributed by atoms with Crippen molar-refractivity contribution in [1.29, 1.82) is 0 Å². The standard InChI is InChI=1S/C11H10F2N2O6/c1-20-7-3-5(2-6(8(7)16)15(18)19)9-11(12,13)4-21-10(17)14-9/h2-3,9,16H,4H2,1H3,(H,14,17)/t9-/m1/s1. The zero-order valence-corrected chi connectivity index (χ0v) is 10.6. The summed E-state index contributed by atoms with van der Waals surface area (Å²) in [6.07, 6.45) is -1.07. The Labute approximate surface area is 116 Å². The Kier molecular flexibility index (Phi) is 3.54. The zero-order chi connectivity index (χ0) is 15.8. The van der Waals surface area contributed by atoms with Crippen LogP contribution in [0.1, 0.15) is 11.6 Å². The third kappa shape index (κ3) is 2.64. The molecule has 1 aliphatic rings. The number of benzene rings is 1. The fourth-order valence-corrected chi connectivity index (χ4v) is 1.91. The van der Waals surface area contributed by atoms with E-state index >= 15 is 0 Å². The molecule has 10 heteroatoms. The Bertz CT molecular complexity index is 607. The number of hydrogen-bond acceptors (Lipinski definition) is 6. The average molecular weight is 304 g/mol. The van der Waals surface area contributed by atoms with Crippen molar-refractivity contribution < 1.29 is 33.1 Å². The molecule has 1 amide bonds. The molecular formula is C11H10F2N2O6. The summed E-state index contributed by atoms with van der Waals surface area (Å²) >= 11 is 0. The van der Waals surface area contributed by atoms with Gasteiger partial charge in [-0.25, -0.2) is 13.6 Å². The van der Waals surface area contributed by atoms with Crippen molar-refractivity contribution in [2.45, 2.75) is 12.0 Å². The van der Waals surface area contributed by atoms with Crippen molar-refractivity contribution in [2.75, 3.05) is 13.7 Å². The van der Waals surface area contributed by atoms with Gasteiger partial charge in [0.05, 0.1) is 12.0 Å². The topological polar surface area (TPSA) is 111 Å². The highest BCUT2D eigenvalue weighted by atomic mass is 19.3. The van der Waals surface area contributed by atoms with E-state index in [1.165, 1.54) is 0 Å². The van der Waals surface area contributed by atoms with Crippen LogP contribution in [0.15, 0.2) is 12.1 Å². The molecule has 1 saturated heterocycles. The molecule has 21 heavy (non-hydrogen) atoms. The van der Waals surface area contributed by atoms with Gasteiger partial charge >= 0.3 is 17.7 Å². The van der Waals surface area contributed by atoms with Gasteiger partial charge in [0.15, 0.2) is 12.4 Å². The molecule has 1 fully saturated rings. The van der Waals surface area contributed by atoms with E-state index in [-0.39, 0.29) is 11.3 Å². The van der Waals surface area contributed by atoms with Crippen LogP contribution < -0.4 is 10.1 Å². The van der Waals surface area contributed by atoms with Gasteiger partial charge in [-0.15, -0.1) is 0 Å². The van der Waals surface area contributed by atoms with Crippen LogP contribution in [0.2, 0.25) is 0 Å². The predicted octanol–water partition coefficient (Wildman–Crippen LogP) is 1.73. The minimum atomic E-state index is -3.47. The van der Waals surface area contributed by atoms with Gasteiger partial charge in [0.25, 0.3) is 0 Å². The number of ether oxygens (including phenoxy) is 2.